The van der Waals surface area contributed by atoms with Gasteiger partial charge in [0.1, 0.15) is 19.3 Å². The van der Waals surface area contributed by atoms with Crippen molar-refractivity contribution in [3.05, 3.63) is 0 Å². The van der Waals surface area contributed by atoms with Crippen molar-refractivity contribution >= 4 is 39.5 Å². The van der Waals surface area contributed by atoms with Gasteiger partial charge in [-0.3, -0.25) is 37.3 Å². The summed E-state index contributed by atoms with van der Waals surface area (Å²) in [5.41, 5.74) is 0. The standard InChI is InChI=1S/C66H128O17P2/c1-6-9-12-15-18-21-24-26-28-31-33-39-44-49-63(68)76-55-61(82-66(71)52-47-42-35-32-29-27-25-22-19-16-13-10-7-2)57-80-84(72,73)78-53-60(67)54-79-85(74,75)81-58-62(56-77-64(69)50-45-40-37-36-38-43-48-59(4)5)83-65(70)51-46-41-34-30-23-20-17-14-11-8-3/h59-62,67H,6-58H2,1-5H3,(H,72,73)(H,74,75)/t60-,61-,62-/m1/s1. The molecule has 0 bridgehead atoms. The van der Waals surface area contributed by atoms with Crippen molar-refractivity contribution in [1.82, 2.24) is 0 Å². The SMILES string of the molecule is CCCCCCCCCCCCCCCC(=O)OC[C@H](COP(=O)(O)OC[C@@H](O)COP(=O)(O)OC[C@@H](COC(=O)CCCCCCCCC(C)C)OC(=O)CCCCCCCCCCCC)OC(=O)CCCCCCCCCCCCCCC. The summed E-state index contributed by atoms with van der Waals surface area (Å²) in [5, 5.41) is 10.5. The molecule has 0 fully saturated rings. The summed E-state index contributed by atoms with van der Waals surface area (Å²) >= 11 is 0. The van der Waals surface area contributed by atoms with Gasteiger partial charge in [0.2, 0.25) is 0 Å². The summed E-state index contributed by atoms with van der Waals surface area (Å²) in [7, 11) is -9.89. The number of esters is 4. The first kappa shape index (κ1) is 83.1. The minimum absolute atomic E-state index is 0.106. The third-order valence-electron chi connectivity index (χ3n) is 15.3. The zero-order valence-electron chi connectivity index (χ0n) is 54.7. The number of aliphatic hydroxyl groups is 1. The molecule has 0 aliphatic heterocycles. The Kier molecular flexibility index (Phi) is 58.3. The second-order valence-electron chi connectivity index (χ2n) is 24.3. The molecule has 0 saturated carbocycles. The number of hydrogen-bond donors (Lipinski definition) is 3. The lowest BCUT2D eigenvalue weighted by Crippen LogP contribution is -2.30. The summed E-state index contributed by atoms with van der Waals surface area (Å²) in [6, 6.07) is 0. The zero-order valence-corrected chi connectivity index (χ0v) is 56.5. The van der Waals surface area contributed by atoms with Gasteiger partial charge in [-0.1, -0.05) is 285 Å². The third kappa shape index (κ3) is 60.7. The molecule has 504 valence electrons. The number of carbonyl (C=O) groups is 4. The van der Waals surface area contributed by atoms with Crippen LogP contribution in [-0.2, 0) is 65.4 Å². The van der Waals surface area contributed by atoms with Gasteiger partial charge in [-0.05, 0) is 31.6 Å². The van der Waals surface area contributed by atoms with E-state index in [0.717, 1.165) is 96.3 Å². The maximum absolute atomic E-state index is 13.0. The summed E-state index contributed by atoms with van der Waals surface area (Å²) in [4.78, 5) is 72.3. The van der Waals surface area contributed by atoms with Gasteiger partial charge in [0.25, 0.3) is 0 Å². The van der Waals surface area contributed by atoms with E-state index in [2.05, 4.69) is 34.6 Å². The van der Waals surface area contributed by atoms with E-state index in [1.807, 2.05) is 0 Å². The van der Waals surface area contributed by atoms with Crippen LogP contribution in [0.4, 0.5) is 0 Å². The largest absolute Gasteiger partial charge is 0.472 e. The normalized spacial score (nSPS) is 14.2. The summed E-state index contributed by atoms with van der Waals surface area (Å²) in [6.07, 6.45) is 44.4. The number of carbonyl (C=O) groups excluding carboxylic acids is 4. The fraction of sp³-hybridized carbons (Fsp3) is 0.939. The van der Waals surface area contributed by atoms with Crippen molar-refractivity contribution in [2.45, 2.75) is 355 Å². The van der Waals surface area contributed by atoms with E-state index in [-0.39, 0.29) is 25.7 Å². The predicted molar refractivity (Wildman–Crippen MR) is 340 cm³/mol. The Morgan fingerprint density at radius 2 is 0.541 bits per heavy atom. The Hall–Kier alpha value is -1.94. The average molecular weight is 1260 g/mol. The van der Waals surface area contributed by atoms with E-state index in [1.54, 1.807) is 0 Å². The molecule has 0 aromatic carbocycles. The highest BCUT2D eigenvalue weighted by Crippen LogP contribution is 2.45. The Morgan fingerprint density at radius 1 is 0.318 bits per heavy atom. The van der Waals surface area contributed by atoms with E-state index in [9.17, 15) is 43.2 Å². The lowest BCUT2D eigenvalue weighted by atomic mass is 10.0. The van der Waals surface area contributed by atoms with Crippen LogP contribution in [0.5, 0.6) is 0 Å². The van der Waals surface area contributed by atoms with Crippen molar-refractivity contribution in [1.29, 1.82) is 0 Å². The lowest BCUT2D eigenvalue weighted by molar-refractivity contribution is -0.161. The van der Waals surface area contributed by atoms with Crippen LogP contribution in [0.15, 0.2) is 0 Å². The van der Waals surface area contributed by atoms with Gasteiger partial charge < -0.3 is 33.8 Å². The van der Waals surface area contributed by atoms with E-state index in [4.69, 9.17) is 37.0 Å². The molecule has 17 nitrogen and oxygen atoms in total. The fourth-order valence-corrected chi connectivity index (χ4v) is 11.5. The average Bonchev–Trinajstić information content (AvgIpc) is 3.55. The Balaban J connectivity index is 5.23. The molecule has 0 aliphatic rings. The number of hydrogen-bond acceptors (Lipinski definition) is 15. The first-order valence-corrected chi connectivity index (χ1v) is 37.6. The van der Waals surface area contributed by atoms with E-state index >= 15 is 0 Å². The summed E-state index contributed by atoms with van der Waals surface area (Å²) in [6.45, 7) is 7.13. The number of unbranched alkanes of at least 4 members (excludes halogenated alkanes) is 38. The van der Waals surface area contributed by atoms with Gasteiger partial charge in [0, 0.05) is 25.7 Å². The molecule has 5 atom stereocenters. The molecule has 0 amide bonds. The molecule has 0 radical (unpaired) electrons. The van der Waals surface area contributed by atoms with Crippen molar-refractivity contribution in [3.63, 3.8) is 0 Å². The van der Waals surface area contributed by atoms with Crippen LogP contribution in [0.1, 0.15) is 336 Å². The quantitative estimate of drug-likeness (QED) is 0.0222. The number of rotatable bonds is 66. The number of phosphoric ester groups is 2. The van der Waals surface area contributed by atoms with Crippen LogP contribution >= 0.6 is 15.6 Å². The molecule has 0 heterocycles. The molecule has 0 aliphatic carbocycles. The summed E-state index contributed by atoms with van der Waals surface area (Å²) in [5.74, 6) is -1.45. The minimum Gasteiger partial charge on any atom is -0.462 e. The maximum Gasteiger partial charge on any atom is 0.472 e. The van der Waals surface area contributed by atoms with Crippen molar-refractivity contribution in [3.8, 4) is 0 Å². The highest BCUT2D eigenvalue weighted by atomic mass is 31.2. The Bertz CT molecular complexity index is 1650. The number of ether oxygens (including phenoxy) is 4. The van der Waals surface area contributed by atoms with E-state index in [0.29, 0.717) is 31.6 Å². The Morgan fingerprint density at radius 3 is 0.800 bits per heavy atom. The molecule has 85 heavy (non-hydrogen) atoms. The molecule has 0 spiro atoms. The summed E-state index contributed by atoms with van der Waals surface area (Å²) < 4.78 is 68.1. The molecule has 0 rings (SSSR count). The zero-order chi connectivity index (χ0) is 62.8. The molecule has 0 aromatic rings. The molecule has 19 heteroatoms. The third-order valence-corrected chi connectivity index (χ3v) is 17.2. The lowest BCUT2D eigenvalue weighted by Gasteiger charge is -2.21. The van der Waals surface area contributed by atoms with Crippen molar-refractivity contribution in [2.24, 2.45) is 5.92 Å². The van der Waals surface area contributed by atoms with Gasteiger partial charge in [-0.25, -0.2) is 9.13 Å². The first-order valence-electron chi connectivity index (χ1n) is 34.6. The number of aliphatic hydroxyl groups excluding tert-OH is 1. The highest BCUT2D eigenvalue weighted by molar-refractivity contribution is 7.47. The topological polar surface area (TPSA) is 237 Å². The van der Waals surface area contributed by atoms with Crippen LogP contribution in [-0.4, -0.2) is 96.7 Å². The maximum atomic E-state index is 13.0. The second kappa shape index (κ2) is 59.7. The monoisotopic (exact) mass is 1250 g/mol. The fourth-order valence-electron chi connectivity index (χ4n) is 9.94. The first-order chi connectivity index (χ1) is 41.0. The second-order valence-corrected chi connectivity index (χ2v) is 27.2. The van der Waals surface area contributed by atoms with Crippen LogP contribution in [0.25, 0.3) is 0 Å². The molecule has 0 aromatic heterocycles. The van der Waals surface area contributed by atoms with Gasteiger partial charge in [-0.15, -0.1) is 0 Å². The molecular weight excluding hydrogens is 1130 g/mol. The molecule has 2 unspecified atom stereocenters. The molecule has 0 saturated heterocycles. The van der Waals surface area contributed by atoms with E-state index < -0.39 is 97.5 Å². The van der Waals surface area contributed by atoms with Gasteiger partial charge in [0.15, 0.2) is 12.2 Å². The van der Waals surface area contributed by atoms with E-state index in [1.165, 1.54) is 154 Å². The Labute approximate surface area is 517 Å². The molecular formula is C66H128O17P2. The van der Waals surface area contributed by atoms with Crippen LogP contribution in [0.3, 0.4) is 0 Å². The van der Waals surface area contributed by atoms with Crippen molar-refractivity contribution < 1.29 is 80.2 Å². The van der Waals surface area contributed by atoms with Gasteiger partial charge in [0.05, 0.1) is 26.4 Å². The predicted octanol–water partition coefficient (Wildman–Crippen LogP) is 18.6. The van der Waals surface area contributed by atoms with Crippen LogP contribution in [0.2, 0.25) is 0 Å². The van der Waals surface area contributed by atoms with Gasteiger partial charge >= 0.3 is 39.5 Å². The van der Waals surface area contributed by atoms with Crippen LogP contribution < -0.4 is 0 Å². The van der Waals surface area contributed by atoms with Crippen LogP contribution in [0, 0.1) is 5.92 Å². The minimum atomic E-state index is -4.95. The smallest absolute Gasteiger partial charge is 0.462 e. The highest BCUT2D eigenvalue weighted by Gasteiger charge is 2.30. The molecule has 3 N–H and O–H groups in total. The van der Waals surface area contributed by atoms with Crippen molar-refractivity contribution in [2.75, 3.05) is 39.6 Å². The van der Waals surface area contributed by atoms with Gasteiger partial charge in [-0.2, -0.15) is 0 Å². The number of phosphoric acid groups is 2.